The molecule has 1 aromatic heterocycles. The Labute approximate surface area is 99.9 Å². The predicted molar refractivity (Wildman–Crippen MR) is 65.7 cm³/mol. The van der Waals surface area contributed by atoms with Gasteiger partial charge in [0.2, 0.25) is 0 Å². The van der Waals surface area contributed by atoms with Crippen molar-refractivity contribution >= 4 is 0 Å². The van der Waals surface area contributed by atoms with Gasteiger partial charge in [-0.25, -0.2) is 9.37 Å². The Bertz CT molecular complexity index is 488. The number of nitrogens with one attached hydrogen (secondary N) is 1. The van der Waals surface area contributed by atoms with Crippen molar-refractivity contribution in [2.75, 3.05) is 0 Å². The van der Waals surface area contributed by atoms with Crippen molar-refractivity contribution < 1.29 is 4.39 Å². The molecule has 0 spiro atoms. The summed E-state index contributed by atoms with van der Waals surface area (Å²) in [5.74, 6) is 0.842. The molecule has 0 amide bonds. The highest BCUT2D eigenvalue weighted by atomic mass is 19.1. The van der Waals surface area contributed by atoms with Crippen LogP contribution in [0, 0.1) is 11.7 Å². The maximum Gasteiger partial charge on any atom is 0.123 e. The van der Waals surface area contributed by atoms with Gasteiger partial charge in [-0.1, -0.05) is 13.8 Å². The summed E-state index contributed by atoms with van der Waals surface area (Å²) in [6, 6.07) is 6.18. The van der Waals surface area contributed by atoms with Crippen molar-refractivity contribution in [3.63, 3.8) is 0 Å². The SMILES string of the molecule is CC(C)C(N)c1ncc(-c2ccc(F)cc2)[nH]1. The highest BCUT2D eigenvalue weighted by molar-refractivity contribution is 5.58. The van der Waals surface area contributed by atoms with Crippen LogP contribution in [0.1, 0.15) is 25.7 Å². The second-order valence-corrected chi connectivity index (χ2v) is 4.46. The van der Waals surface area contributed by atoms with Gasteiger partial charge in [0, 0.05) is 0 Å². The lowest BCUT2D eigenvalue weighted by Crippen LogP contribution is -2.18. The van der Waals surface area contributed by atoms with Gasteiger partial charge in [0.05, 0.1) is 17.9 Å². The first-order chi connectivity index (χ1) is 8.08. The average molecular weight is 233 g/mol. The Morgan fingerprint density at radius 2 is 1.88 bits per heavy atom. The molecule has 3 N–H and O–H groups in total. The molecule has 0 saturated carbocycles. The fraction of sp³-hybridized carbons (Fsp3) is 0.308. The van der Waals surface area contributed by atoms with Crippen molar-refractivity contribution in [1.82, 2.24) is 9.97 Å². The van der Waals surface area contributed by atoms with Gasteiger partial charge in [0.15, 0.2) is 0 Å². The predicted octanol–water partition coefficient (Wildman–Crippen LogP) is 2.87. The molecule has 0 bridgehead atoms. The molecular formula is C13H16FN3. The molecule has 0 radical (unpaired) electrons. The molecule has 2 aromatic rings. The maximum atomic E-state index is 12.8. The van der Waals surface area contributed by atoms with Gasteiger partial charge in [-0.15, -0.1) is 0 Å². The minimum absolute atomic E-state index is 0.107. The molecule has 90 valence electrons. The summed E-state index contributed by atoms with van der Waals surface area (Å²) in [6.45, 7) is 4.09. The van der Waals surface area contributed by atoms with Crippen LogP contribution in [0.2, 0.25) is 0 Å². The van der Waals surface area contributed by atoms with E-state index in [0.29, 0.717) is 5.92 Å². The molecule has 2 rings (SSSR count). The van der Waals surface area contributed by atoms with Gasteiger partial charge in [0.25, 0.3) is 0 Å². The Morgan fingerprint density at radius 3 is 2.47 bits per heavy atom. The third-order valence-electron chi connectivity index (χ3n) is 2.78. The van der Waals surface area contributed by atoms with E-state index in [1.54, 1.807) is 18.3 Å². The van der Waals surface area contributed by atoms with Gasteiger partial charge < -0.3 is 10.7 Å². The second-order valence-electron chi connectivity index (χ2n) is 4.46. The summed E-state index contributed by atoms with van der Waals surface area (Å²) in [5.41, 5.74) is 7.76. The Morgan fingerprint density at radius 1 is 1.24 bits per heavy atom. The van der Waals surface area contributed by atoms with Crippen LogP contribution in [0.3, 0.4) is 0 Å². The van der Waals surface area contributed by atoms with Gasteiger partial charge in [-0.05, 0) is 35.7 Å². The highest BCUT2D eigenvalue weighted by Gasteiger charge is 2.14. The van der Waals surface area contributed by atoms with E-state index in [0.717, 1.165) is 17.1 Å². The number of H-pyrrole nitrogens is 1. The summed E-state index contributed by atoms with van der Waals surface area (Å²) in [4.78, 5) is 7.43. The van der Waals surface area contributed by atoms with Gasteiger partial charge in [0.1, 0.15) is 11.6 Å². The quantitative estimate of drug-likeness (QED) is 0.856. The zero-order chi connectivity index (χ0) is 12.4. The zero-order valence-electron chi connectivity index (χ0n) is 9.94. The van der Waals surface area contributed by atoms with Crippen LogP contribution in [0.15, 0.2) is 30.5 Å². The third kappa shape index (κ3) is 2.53. The van der Waals surface area contributed by atoms with Crippen molar-refractivity contribution in [2.24, 2.45) is 11.7 Å². The smallest absolute Gasteiger partial charge is 0.123 e. The van der Waals surface area contributed by atoms with E-state index in [2.05, 4.69) is 9.97 Å². The number of hydrogen-bond acceptors (Lipinski definition) is 2. The number of aromatic amines is 1. The van der Waals surface area contributed by atoms with Crippen LogP contribution in [-0.2, 0) is 0 Å². The first-order valence-corrected chi connectivity index (χ1v) is 5.64. The molecule has 0 fully saturated rings. The lowest BCUT2D eigenvalue weighted by Gasteiger charge is -2.12. The van der Waals surface area contributed by atoms with Crippen molar-refractivity contribution in [2.45, 2.75) is 19.9 Å². The summed E-state index contributed by atoms with van der Waals surface area (Å²) in [6.07, 6.45) is 1.73. The lowest BCUT2D eigenvalue weighted by molar-refractivity contribution is 0.494. The largest absolute Gasteiger partial charge is 0.341 e. The van der Waals surface area contributed by atoms with Crippen LogP contribution < -0.4 is 5.73 Å². The van der Waals surface area contributed by atoms with E-state index in [9.17, 15) is 4.39 Å². The third-order valence-corrected chi connectivity index (χ3v) is 2.78. The van der Waals surface area contributed by atoms with Crippen LogP contribution in [0.5, 0.6) is 0 Å². The van der Waals surface area contributed by atoms with E-state index < -0.39 is 0 Å². The van der Waals surface area contributed by atoms with E-state index in [4.69, 9.17) is 5.73 Å². The number of benzene rings is 1. The van der Waals surface area contributed by atoms with Crippen LogP contribution >= 0.6 is 0 Å². The molecule has 1 heterocycles. The Kier molecular flexibility index (Phi) is 3.24. The second kappa shape index (κ2) is 4.67. The van der Waals surface area contributed by atoms with Gasteiger partial charge in [-0.3, -0.25) is 0 Å². The summed E-state index contributed by atoms with van der Waals surface area (Å²) < 4.78 is 12.8. The number of aromatic nitrogens is 2. The number of hydrogen-bond donors (Lipinski definition) is 2. The monoisotopic (exact) mass is 233 g/mol. The van der Waals surface area contributed by atoms with Crippen molar-refractivity contribution in [3.8, 4) is 11.3 Å². The molecule has 1 aromatic carbocycles. The fourth-order valence-electron chi connectivity index (χ4n) is 1.60. The minimum Gasteiger partial charge on any atom is -0.341 e. The molecule has 0 saturated heterocycles. The molecule has 3 nitrogen and oxygen atoms in total. The maximum absolute atomic E-state index is 12.8. The van der Waals surface area contributed by atoms with Crippen LogP contribution in [0.4, 0.5) is 4.39 Å². The number of rotatable bonds is 3. The number of halogens is 1. The summed E-state index contributed by atoms with van der Waals surface area (Å²) >= 11 is 0. The lowest BCUT2D eigenvalue weighted by atomic mass is 10.1. The first kappa shape index (κ1) is 11.8. The molecular weight excluding hydrogens is 217 g/mol. The normalized spacial score (nSPS) is 13.0. The number of imidazole rings is 1. The first-order valence-electron chi connectivity index (χ1n) is 5.64. The Hall–Kier alpha value is -1.68. The fourth-order valence-corrected chi connectivity index (χ4v) is 1.60. The molecule has 17 heavy (non-hydrogen) atoms. The standard InChI is InChI=1S/C13H16FN3/c1-8(2)12(15)13-16-7-11(17-13)9-3-5-10(14)6-4-9/h3-8,12H,15H2,1-2H3,(H,16,17). The van der Waals surface area contributed by atoms with Crippen molar-refractivity contribution in [1.29, 1.82) is 0 Å². The molecule has 0 aliphatic rings. The molecule has 0 aliphatic carbocycles. The van der Waals surface area contributed by atoms with E-state index in [1.807, 2.05) is 13.8 Å². The molecule has 1 atom stereocenters. The zero-order valence-corrected chi connectivity index (χ0v) is 9.94. The summed E-state index contributed by atoms with van der Waals surface area (Å²) in [5, 5.41) is 0. The average Bonchev–Trinajstić information content (AvgIpc) is 2.78. The number of nitrogens with two attached hydrogens (primary N) is 1. The Balaban J connectivity index is 2.26. The van der Waals surface area contributed by atoms with Gasteiger partial charge in [-0.2, -0.15) is 0 Å². The van der Waals surface area contributed by atoms with E-state index in [1.165, 1.54) is 12.1 Å². The van der Waals surface area contributed by atoms with E-state index in [-0.39, 0.29) is 11.9 Å². The molecule has 1 unspecified atom stereocenters. The summed E-state index contributed by atoms with van der Waals surface area (Å²) in [7, 11) is 0. The molecule has 0 aliphatic heterocycles. The molecule has 4 heteroatoms. The highest BCUT2D eigenvalue weighted by Crippen LogP contribution is 2.21. The van der Waals surface area contributed by atoms with Crippen LogP contribution in [0.25, 0.3) is 11.3 Å². The van der Waals surface area contributed by atoms with E-state index >= 15 is 0 Å². The van der Waals surface area contributed by atoms with Crippen LogP contribution in [-0.4, -0.2) is 9.97 Å². The topological polar surface area (TPSA) is 54.7 Å². The van der Waals surface area contributed by atoms with Crippen molar-refractivity contribution in [3.05, 3.63) is 42.1 Å². The van der Waals surface area contributed by atoms with Gasteiger partial charge >= 0.3 is 0 Å². The number of nitrogens with zero attached hydrogens (tertiary/aromatic N) is 1. The minimum atomic E-state index is -0.243.